The first kappa shape index (κ1) is 19.0. The van der Waals surface area contributed by atoms with Gasteiger partial charge in [0.25, 0.3) is 5.69 Å². The number of rotatable bonds is 5. The standard InChI is InChI=1S/C20H22N4O5/c25-19-12-15(13-23(19)14-16-4-3-11-29-16)20(26)22-9-7-21(8-10-22)17-5-1-2-6-18(17)24(27)28/h1-6,11,15H,7-10,12-14H2. The summed E-state index contributed by atoms with van der Waals surface area (Å²) in [7, 11) is 0. The van der Waals surface area contributed by atoms with Crippen LogP contribution in [0.25, 0.3) is 0 Å². The molecule has 3 heterocycles. The molecule has 29 heavy (non-hydrogen) atoms. The Labute approximate surface area is 167 Å². The highest BCUT2D eigenvalue weighted by atomic mass is 16.6. The Hall–Kier alpha value is -3.36. The topological polar surface area (TPSA) is 100 Å². The Kier molecular flexibility index (Phi) is 5.20. The van der Waals surface area contributed by atoms with Gasteiger partial charge in [-0.25, -0.2) is 0 Å². The number of piperazine rings is 1. The average molecular weight is 398 g/mol. The number of benzene rings is 1. The Balaban J connectivity index is 1.35. The molecule has 0 bridgehead atoms. The van der Waals surface area contributed by atoms with Gasteiger partial charge >= 0.3 is 0 Å². The molecule has 1 aromatic heterocycles. The minimum Gasteiger partial charge on any atom is -0.467 e. The van der Waals surface area contributed by atoms with Crippen LogP contribution in [0.5, 0.6) is 0 Å². The number of nitro benzene ring substituents is 1. The lowest BCUT2D eigenvalue weighted by Crippen LogP contribution is -2.50. The molecule has 4 rings (SSSR count). The molecule has 2 amide bonds. The fraction of sp³-hybridized carbons (Fsp3) is 0.400. The van der Waals surface area contributed by atoms with Crippen LogP contribution in [-0.2, 0) is 16.1 Å². The van der Waals surface area contributed by atoms with Gasteiger partial charge in [-0.2, -0.15) is 0 Å². The minimum atomic E-state index is -0.384. The SMILES string of the molecule is O=C1CC(C(=O)N2CCN(c3ccccc3[N+](=O)[O-])CC2)CN1Cc1ccco1. The van der Waals surface area contributed by atoms with E-state index in [9.17, 15) is 19.7 Å². The van der Waals surface area contributed by atoms with E-state index < -0.39 is 0 Å². The summed E-state index contributed by atoms with van der Waals surface area (Å²) in [6, 6.07) is 10.2. The van der Waals surface area contributed by atoms with Crippen molar-refractivity contribution in [3.8, 4) is 0 Å². The van der Waals surface area contributed by atoms with Gasteiger partial charge in [-0.15, -0.1) is 0 Å². The Bertz CT molecular complexity index is 905. The summed E-state index contributed by atoms with van der Waals surface area (Å²) in [6.07, 6.45) is 1.78. The molecule has 0 radical (unpaired) electrons. The third-order valence-corrected chi connectivity index (χ3v) is 5.50. The molecule has 2 saturated heterocycles. The molecule has 9 heteroatoms. The predicted molar refractivity (Wildman–Crippen MR) is 104 cm³/mol. The van der Waals surface area contributed by atoms with Gasteiger partial charge in [-0.1, -0.05) is 12.1 Å². The van der Waals surface area contributed by atoms with E-state index in [0.29, 0.717) is 50.7 Å². The van der Waals surface area contributed by atoms with E-state index in [1.165, 1.54) is 6.07 Å². The Morgan fingerprint density at radius 2 is 1.90 bits per heavy atom. The number of nitro groups is 1. The van der Waals surface area contributed by atoms with Gasteiger partial charge in [0.1, 0.15) is 11.4 Å². The van der Waals surface area contributed by atoms with Crippen LogP contribution in [-0.4, -0.2) is 59.3 Å². The molecule has 2 fully saturated rings. The monoisotopic (exact) mass is 398 g/mol. The minimum absolute atomic E-state index is 0.0255. The molecule has 2 aromatic rings. The van der Waals surface area contributed by atoms with Crippen LogP contribution in [0.4, 0.5) is 11.4 Å². The van der Waals surface area contributed by atoms with Gasteiger partial charge < -0.3 is 19.1 Å². The second-order valence-electron chi connectivity index (χ2n) is 7.31. The van der Waals surface area contributed by atoms with Crippen molar-refractivity contribution in [1.82, 2.24) is 9.80 Å². The van der Waals surface area contributed by atoms with Crippen molar-refractivity contribution in [1.29, 1.82) is 0 Å². The predicted octanol–water partition coefficient (Wildman–Crippen LogP) is 1.89. The van der Waals surface area contributed by atoms with E-state index in [2.05, 4.69) is 0 Å². The molecule has 0 N–H and O–H groups in total. The van der Waals surface area contributed by atoms with Crippen LogP contribution < -0.4 is 4.90 Å². The van der Waals surface area contributed by atoms with Crippen LogP contribution >= 0.6 is 0 Å². The van der Waals surface area contributed by atoms with E-state index in [1.807, 2.05) is 11.0 Å². The highest BCUT2D eigenvalue weighted by Gasteiger charge is 2.37. The second-order valence-corrected chi connectivity index (χ2v) is 7.31. The molecule has 0 saturated carbocycles. The number of likely N-dealkylation sites (tertiary alicyclic amines) is 1. The summed E-state index contributed by atoms with van der Waals surface area (Å²) < 4.78 is 5.29. The largest absolute Gasteiger partial charge is 0.467 e. The quantitative estimate of drug-likeness (QED) is 0.563. The lowest BCUT2D eigenvalue weighted by Gasteiger charge is -2.36. The summed E-state index contributed by atoms with van der Waals surface area (Å²) in [5.41, 5.74) is 0.646. The fourth-order valence-corrected chi connectivity index (χ4v) is 3.99. The van der Waals surface area contributed by atoms with Gasteiger partial charge in [0.05, 0.1) is 23.6 Å². The van der Waals surface area contributed by atoms with Crippen molar-refractivity contribution in [2.45, 2.75) is 13.0 Å². The van der Waals surface area contributed by atoms with E-state index in [4.69, 9.17) is 4.42 Å². The van der Waals surface area contributed by atoms with Gasteiger partial charge in [-0.3, -0.25) is 19.7 Å². The highest BCUT2D eigenvalue weighted by Crippen LogP contribution is 2.29. The number of carbonyl (C=O) groups is 2. The molecule has 1 atom stereocenters. The molecule has 1 unspecified atom stereocenters. The molecule has 2 aliphatic rings. The van der Waals surface area contributed by atoms with Crippen molar-refractivity contribution >= 4 is 23.2 Å². The number of hydrogen-bond acceptors (Lipinski definition) is 6. The van der Waals surface area contributed by atoms with Gasteiger partial charge in [0.15, 0.2) is 0 Å². The number of furan rings is 1. The lowest BCUT2D eigenvalue weighted by atomic mass is 10.1. The Morgan fingerprint density at radius 1 is 1.14 bits per heavy atom. The maximum atomic E-state index is 12.9. The molecule has 9 nitrogen and oxygen atoms in total. The summed E-state index contributed by atoms with van der Waals surface area (Å²) >= 11 is 0. The molecule has 0 aliphatic carbocycles. The summed E-state index contributed by atoms with van der Waals surface area (Å²) in [4.78, 5) is 41.4. The number of anilines is 1. The Morgan fingerprint density at radius 3 is 2.59 bits per heavy atom. The number of amides is 2. The maximum Gasteiger partial charge on any atom is 0.292 e. The van der Waals surface area contributed by atoms with Crippen LogP contribution in [0.3, 0.4) is 0 Å². The number of para-hydroxylation sites is 2. The lowest BCUT2D eigenvalue weighted by molar-refractivity contribution is -0.384. The normalized spacial score (nSPS) is 19.7. The maximum absolute atomic E-state index is 12.9. The van der Waals surface area contributed by atoms with Crippen molar-refractivity contribution in [3.63, 3.8) is 0 Å². The van der Waals surface area contributed by atoms with E-state index in [1.54, 1.807) is 40.3 Å². The zero-order chi connectivity index (χ0) is 20.4. The zero-order valence-electron chi connectivity index (χ0n) is 15.9. The van der Waals surface area contributed by atoms with Crippen molar-refractivity contribution in [2.24, 2.45) is 5.92 Å². The molecule has 1 aromatic carbocycles. The smallest absolute Gasteiger partial charge is 0.292 e. The third-order valence-electron chi connectivity index (χ3n) is 5.50. The van der Waals surface area contributed by atoms with Crippen LogP contribution in [0, 0.1) is 16.0 Å². The molecule has 2 aliphatic heterocycles. The molecular weight excluding hydrogens is 376 g/mol. The molecule has 0 spiro atoms. The first-order valence-corrected chi connectivity index (χ1v) is 9.60. The fourth-order valence-electron chi connectivity index (χ4n) is 3.99. The van der Waals surface area contributed by atoms with Gasteiger partial charge in [0.2, 0.25) is 11.8 Å². The first-order valence-electron chi connectivity index (χ1n) is 9.60. The first-order chi connectivity index (χ1) is 14.0. The zero-order valence-corrected chi connectivity index (χ0v) is 15.9. The van der Waals surface area contributed by atoms with Crippen LogP contribution in [0.1, 0.15) is 12.2 Å². The van der Waals surface area contributed by atoms with Crippen molar-refractivity contribution in [2.75, 3.05) is 37.6 Å². The van der Waals surface area contributed by atoms with Crippen molar-refractivity contribution in [3.05, 3.63) is 58.5 Å². The number of nitrogens with zero attached hydrogens (tertiary/aromatic N) is 4. The summed E-state index contributed by atoms with van der Waals surface area (Å²) in [5.74, 6) is 0.278. The van der Waals surface area contributed by atoms with Crippen LogP contribution in [0.15, 0.2) is 47.1 Å². The third kappa shape index (κ3) is 3.94. The van der Waals surface area contributed by atoms with Crippen LogP contribution in [0.2, 0.25) is 0 Å². The summed E-state index contributed by atoms with van der Waals surface area (Å²) in [5, 5.41) is 11.3. The van der Waals surface area contributed by atoms with Gasteiger partial charge in [-0.05, 0) is 18.2 Å². The molecular formula is C20H22N4O5. The number of carbonyl (C=O) groups excluding carboxylic acids is 2. The summed E-state index contributed by atoms with van der Waals surface area (Å²) in [6.45, 7) is 2.77. The van der Waals surface area contributed by atoms with Gasteiger partial charge in [0, 0.05) is 45.2 Å². The molecule has 152 valence electrons. The van der Waals surface area contributed by atoms with E-state index in [0.717, 1.165) is 0 Å². The highest BCUT2D eigenvalue weighted by molar-refractivity contribution is 5.89. The number of hydrogen-bond donors (Lipinski definition) is 0. The van der Waals surface area contributed by atoms with E-state index >= 15 is 0 Å². The van der Waals surface area contributed by atoms with Crippen molar-refractivity contribution < 1.29 is 18.9 Å². The average Bonchev–Trinajstić information content (AvgIpc) is 3.38. The second kappa shape index (κ2) is 7.94. The van der Waals surface area contributed by atoms with E-state index in [-0.39, 0.29) is 34.8 Å².